The summed E-state index contributed by atoms with van der Waals surface area (Å²) in [7, 11) is -2.34. The molecule has 1 heterocycles. The minimum Gasteiger partial charge on any atom is -0.416 e. The van der Waals surface area contributed by atoms with Gasteiger partial charge in [0.25, 0.3) is 5.76 Å². The fraction of sp³-hybridized carbons (Fsp3) is 0.600. The van der Waals surface area contributed by atoms with E-state index in [0.29, 0.717) is 0 Å². The average molecular weight is 238 g/mol. The zero-order valence-corrected chi connectivity index (χ0v) is 7.37. The van der Waals surface area contributed by atoms with Crippen molar-refractivity contribution in [2.45, 2.75) is 6.18 Å². The number of allylic oxidation sites excluding steroid dienone is 1. The van der Waals surface area contributed by atoms with Gasteiger partial charge in [0, 0.05) is 0 Å². The highest BCUT2D eigenvalue weighted by Gasteiger charge is 2.43. The van der Waals surface area contributed by atoms with E-state index in [1.807, 2.05) is 0 Å². The van der Waals surface area contributed by atoms with Gasteiger partial charge in [0.2, 0.25) is 0 Å². The zero-order valence-electron chi connectivity index (χ0n) is 6.48. The molecule has 1 aliphatic heterocycles. The lowest BCUT2D eigenvalue weighted by Crippen LogP contribution is -2.14. The van der Waals surface area contributed by atoms with Gasteiger partial charge in [0.05, 0.1) is 13.2 Å². The quantitative estimate of drug-likeness (QED) is 0.420. The van der Waals surface area contributed by atoms with E-state index in [4.69, 9.17) is 0 Å². The summed E-state index contributed by atoms with van der Waals surface area (Å²) in [4.78, 5) is 0. The summed E-state index contributed by atoms with van der Waals surface area (Å²) in [5, 5.41) is 0. The van der Waals surface area contributed by atoms with Crippen LogP contribution in [0.4, 0.5) is 22.0 Å². The van der Waals surface area contributed by atoms with Crippen LogP contribution in [0.1, 0.15) is 0 Å². The van der Waals surface area contributed by atoms with Gasteiger partial charge in [0.15, 0.2) is 0 Å². The second kappa shape index (κ2) is 4.37. The Morgan fingerprint density at radius 1 is 1.14 bits per heavy atom. The molecular formula is C5H4F5O3P. The van der Waals surface area contributed by atoms with Crippen LogP contribution in [0.2, 0.25) is 0 Å². The lowest BCUT2D eigenvalue weighted by Gasteiger charge is -2.13. The molecule has 3 nitrogen and oxygen atoms in total. The molecule has 0 radical (unpaired) electrons. The van der Waals surface area contributed by atoms with Gasteiger partial charge in [-0.25, -0.2) is 0 Å². The van der Waals surface area contributed by atoms with Crippen LogP contribution in [0.15, 0.2) is 11.8 Å². The summed E-state index contributed by atoms with van der Waals surface area (Å²) in [6.07, 6.45) is -8.18. The first kappa shape index (κ1) is 11.6. The van der Waals surface area contributed by atoms with Crippen LogP contribution in [-0.2, 0) is 13.6 Å². The second-order valence-electron chi connectivity index (χ2n) is 2.07. The van der Waals surface area contributed by atoms with Crippen molar-refractivity contribution in [2.24, 2.45) is 0 Å². The van der Waals surface area contributed by atoms with Crippen molar-refractivity contribution in [2.75, 3.05) is 13.2 Å². The van der Waals surface area contributed by atoms with E-state index in [0.717, 1.165) is 0 Å². The predicted molar refractivity (Wildman–Crippen MR) is 35.2 cm³/mol. The van der Waals surface area contributed by atoms with E-state index < -0.39 is 26.6 Å². The van der Waals surface area contributed by atoms with Crippen LogP contribution in [0, 0.1) is 0 Å². The van der Waals surface area contributed by atoms with Gasteiger partial charge >= 0.3 is 20.9 Å². The van der Waals surface area contributed by atoms with E-state index in [1.54, 1.807) is 0 Å². The van der Waals surface area contributed by atoms with Crippen LogP contribution in [0.5, 0.6) is 0 Å². The minimum atomic E-state index is -5.24. The Balaban J connectivity index is 2.66. The van der Waals surface area contributed by atoms with Crippen molar-refractivity contribution in [1.82, 2.24) is 0 Å². The van der Waals surface area contributed by atoms with Gasteiger partial charge in [-0.2, -0.15) is 22.0 Å². The normalized spacial score (nSPS) is 18.4. The number of rotatable bonds is 2. The summed E-state index contributed by atoms with van der Waals surface area (Å²) in [6.45, 7) is 0.0650. The molecular weight excluding hydrogens is 234 g/mol. The lowest BCUT2D eigenvalue weighted by molar-refractivity contribution is -0.122. The zero-order chi connectivity index (χ0) is 10.8. The molecule has 0 N–H and O–H groups in total. The third kappa shape index (κ3) is 3.04. The first-order valence-corrected chi connectivity index (χ1v) is 4.37. The maximum atomic E-state index is 11.9. The van der Waals surface area contributed by atoms with Crippen molar-refractivity contribution in [3.05, 3.63) is 11.8 Å². The van der Waals surface area contributed by atoms with Gasteiger partial charge in [-0.3, -0.25) is 0 Å². The monoisotopic (exact) mass is 238 g/mol. The first-order chi connectivity index (χ1) is 6.41. The molecule has 0 aromatic heterocycles. The topological polar surface area (TPSA) is 27.7 Å². The van der Waals surface area contributed by atoms with Crippen LogP contribution < -0.4 is 0 Å². The SMILES string of the molecule is FC(F)=C(OP1OCCO1)C(F)(F)F. The molecule has 0 bridgehead atoms. The molecule has 0 aromatic carbocycles. The average Bonchev–Trinajstić information content (AvgIpc) is 2.48. The maximum absolute atomic E-state index is 11.9. The maximum Gasteiger partial charge on any atom is 0.455 e. The Morgan fingerprint density at radius 2 is 1.64 bits per heavy atom. The predicted octanol–water partition coefficient (Wildman–Crippen LogP) is 2.95. The smallest absolute Gasteiger partial charge is 0.416 e. The van der Waals surface area contributed by atoms with Gasteiger partial charge in [0.1, 0.15) is 0 Å². The second-order valence-corrected chi connectivity index (χ2v) is 3.21. The van der Waals surface area contributed by atoms with Crippen LogP contribution >= 0.6 is 8.60 Å². The van der Waals surface area contributed by atoms with Gasteiger partial charge in [-0.1, -0.05) is 0 Å². The number of halogens is 5. The van der Waals surface area contributed by atoms with E-state index in [9.17, 15) is 22.0 Å². The fourth-order valence-electron chi connectivity index (χ4n) is 0.582. The molecule has 14 heavy (non-hydrogen) atoms. The van der Waals surface area contributed by atoms with Crippen molar-refractivity contribution >= 4 is 8.60 Å². The van der Waals surface area contributed by atoms with Crippen molar-refractivity contribution in [3.63, 3.8) is 0 Å². The molecule has 1 fully saturated rings. The molecule has 0 atom stereocenters. The van der Waals surface area contributed by atoms with Crippen LogP contribution in [-0.4, -0.2) is 19.4 Å². The van der Waals surface area contributed by atoms with E-state index >= 15 is 0 Å². The Bertz CT molecular complexity index is 230. The van der Waals surface area contributed by atoms with E-state index in [1.165, 1.54) is 0 Å². The number of hydrogen-bond donors (Lipinski definition) is 0. The van der Waals surface area contributed by atoms with E-state index in [2.05, 4.69) is 13.6 Å². The summed E-state index contributed by atoms with van der Waals surface area (Å²) in [5.74, 6) is -2.36. The van der Waals surface area contributed by atoms with Gasteiger partial charge in [-0.15, -0.1) is 0 Å². The highest BCUT2D eigenvalue weighted by Crippen LogP contribution is 2.49. The molecule has 0 aromatic rings. The molecule has 1 rings (SSSR count). The third-order valence-corrected chi connectivity index (χ3v) is 2.19. The molecule has 9 heteroatoms. The Hall–Kier alpha value is -0.460. The van der Waals surface area contributed by atoms with Gasteiger partial charge < -0.3 is 13.6 Å². The molecule has 1 saturated heterocycles. The molecule has 82 valence electrons. The van der Waals surface area contributed by atoms with Crippen molar-refractivity contribution < 1.29 is 35.5 Å². The fourth-order valence-corrected chi connectivity index (χ4v) is 1.53. The Labute approximate surface area is 76.4 Å². The molecule has 0 aliphatic carbocycles. The Morgan fingerprint density at radius 3 is 2.00 bits per heavy atom. The first-order valence-electron chi connectivity index (χ1n) is 3.27. The van der Waals surface area contributed by atoms with Crippen molar-refractivity contribution in [3.8, 4) is 0 Å². The lowest BCUT2D eigenvalue weighted by atomic mass is 10.5. The summed E-state index contributed by atoms with van der Waals surface area (Å²) in [6, 6.07) is 0. The molecule has 0 unspecified atom stereocenters. The standard InChI is InChI=1S/C5H4F5O3P/c6-4(7)3(5(8,9)10)13-14-11-1-2-12-14/h1-2H2. The summed E-state index contributed by atoms with van der Waals surface area (Å²) >= 11 is 0. The number of alkyl halides is 3. The largest absolute Gasteiger partial charge is 0.455 e. The molecule has 0 amide bonds. The minimum absolute atomic E-state index is 0.0325. The Kier molecular flexibility index (Phi) is 3.63. The van der Waals surface area contributed by atoms with Crippen LogP contribution in [0.25, 0.3) is 0 Å². The molecule has 0 spiro atoms. The summed E-state index contributed by atoms with van der Waals surface area (Å²) < 4.78 is 72.0. The number of hydrogen-bond acceptors (Lipinski definition) is 3. The third-order valence-electron chi connectivity index (χ3n) is 1.07. The summed E-state index contributed by atoms with van der Waals surface area (Å²) in [5.41, 5.74) is 0. The van der Waals surface area contributed by atoms with Crippen molar-refractivity contribution in [1.29, 1.82) is 0 Å². The highest BCUT2D eigenvalue weighted by atomic mass is 31.2. The van der Waals surface area contributed by atoms with E-state index in [-0.39, 0.29) is 13.2 Å². The molecule has 1 aliphatic rings. The highest BCUT2D eigenvalue weighted by molar-refractivity contribution is 7.42. The molecule has 0 saturated carbocycles. The van der Waals surface area contributed by atoms with Gasteiger partial charge in [-0.05, 0) is 0 Å². The van der Waals surface area contributed by atoms with Crippen LogP contribution in [0.3, 0.4) is 0 Å².